The zero-order chi connectivity index (χ0) is 17.1. The average molecular weight is 391 g/mol. The topological polar surface area (TPSA) is 49.4 Å². The molecular weight excluding hydrogens is 375 g/mol. The second-order valence-electron chi connectivity index (χ2n) is 5.60. The maximum absolute atomic E-state index is 13.6. The predicted octanol–water partition coefficient (Wildman–Crippen LogP) is 3.05. The number of rotatable bonds is 5. The van der Waals surface area contributed by atoms with Crippen molar-refractivity contribution in [3.8, 4) is 0 Å². The molecule has 3 rings (SSSR count). The van der Waals surface area contributed by atoms with E-state index in [9.17, 15) is 14.0 Å². The van der Waals surface area contributed by atoms with Crippen molar-refractivity contribution < 1.29 is 14.0 Å². The fourth-order valence-corrected chi connectivity index (χ4v) is 3.00. The highest BCUT2D eigenvalue weighted by molar-refractivity contribution is 9.10. The summed E-state index contributed by atoms with van der Waals surface area (Å²) in [6, 6.07) is 13.0. The van der Waals surface area contributed by atoms with Gasteiger partial charge in [-0.1, -0.05) is 34.1 Å². The predicted molar refractivity (Wildman–Crippen MR) is 93.1 cm³/mol. The molecule has 0 unspecified atom stereocenters. The number of nitrogens with zero attached hydrogens (tertiary/aromatic N) is 1. The molecule has 0 saturated carbocycles. The van der Waals surface area contributed by atoms with Crippen LogP contribution >= 0.6 is 15.9 Å². The Morgan fingerprint density at radius 3 is 2.54 bits per heavy atom. The summed E-state index contributed by atoms with van der Waals surface area (Å²) < 4.78 is 14.5. The van der Waals surface area contributed by atoms with E-state index in [2.05, 4.69) is 21.2 Å². The van der Waals surface area contributed by atoms with Crippen molar-refractivity contribution in [2.24, 2.45) is 0 Å². The zero-order valence-electron chi connectivity index (χ0n) is 12.8. The van der Waals surface area contributed by atoms with E-state index in [4.69, 9.17) is 0 Å². The number of anilines is 1. The normalized spacial score (nSPS) is 17.6. The molecule has 2 amide bonds. The molecule has 0 bridgehead atoms. The molecule has 0 spiro atoms. The second kappa shape index (κ2) is 7.23. The third-order valence-corrected chi connectivity index (χ3v) is 4.50. The van der Waals surface area contributed by atoms with Crippen LogP contribution in [0.1, 0.15) is 12.0 Å². The average Bonchev–Trinajstić information content (AvgIpc) is 2.84. The summed E-state index contributed by atoms with van der Waals surface area (Å²) in [5.74, 6) is -0.758. The lowest BCUT2D eigenvalue weighted by Gasteiger charge is -2.15. The van der Waals surface area contributed by atoms with Gasteiger partial charge in [-0.05, 0) is 42.3 Å². The maximum atomic E-state index is 13.6. The molecule has 0 aliphatic carbocycles. The molecule has 0 aromatic heterocycles. The molecule has 24 heavy (non-hydrogen) atoms. The van der Waals surface area contributed by atoms with E-state index in [1.54, 1.807) is 42.5 Å². The van der Waals surface area contributed by atoms with E-state index in [1.165, 1.54) is 11.0 Å². The van der Waals surface area contributed by atoms with E-state index >= 15 is 0 Å². The summed E-state index contributed by atoms with van der Waals surface area (Å²) in [7, 11) is 0. The number of amides is 2. The molecule has 1 N–H and O–H groups in total. The van der Waals surface area contributed by atoms with Crippen molar-refractivity contribution in [1.82, 2.24) is 5.32 Å². The second-order valence-corrected chi connectivity index (χ2v) is 6.51. The molecule has 1 fully saturated rings. The molecule has 124 valence electrons. The lowest BCUT2D eigenvalue weighted by molar-refractivity contribution is -0.121. The lowest BCUT2D eigenvalue weighted by Crippen LogP contribution is -2.39. The van der Waals surface area contributed by atoms with Gasteiger partial charge in [-0.2, -0.15) is 0 Å². The van der Waals surface area contributed by atoms with Crippen LogP contribution in [0.4, 0.5) is 10.1 Å². The Labute approximate surface area is 147 Å². The van der Waals surface area contributed by atoms with Crippen LogP contribution in [-0.2, 0) is 16.0 Å². The number of carbonyl (C=O) groups excluding carboxylic acids is 2. The van der Waals surface area contributed by atoms with Crippen molar-refractivity contribution in [2.45, 2.75) is 18.9 Å². The molecule has 1 aliphatic rings. The van der Waals surface area contributed by atoms with Gasteiger partial charge in [-0.25, -0.2) is 9.29 Å². The molecular formula is C18H16BrFN2O2. The molecule has 1 heterocycles. The van der Waals surface area contributed by atoms with E-state index in [-0.39, 0.29) is 24.1 Å². The van der Waals surface area contributed by atoms with Gasteiger partial charge in [0.25, 0.3) is 5.91 Å². The van der Waals surface area contributed by atoms with Gasteiger partial charge in [-0.15, -0.1) is 0 Å². The van der Waals surface area contributed by atoms with Gasteiger partial charge < -0.3 is 5.32 Å². The lowest BCUT2D eigenvalue weighted by atomic mass is 10.1. The molecule has 1 saturated heterocycles. The molecule has 0 radical (unpaired) electrons. The number of carbonyl (C=O) groups is 2. The van der Waals surface area contributed by atoms with Crippen LogP contribution < -0.4 is 10.2 Å². The largest absolute Gasteiger partial charge is 0.305 e. The van der Waals surface area contributed by atoms with Crippen LogP contribution in [0.2, 0.25) is 0 Å². The minimum absolute atomic E-state index is 0.117. The van der Waals surface area contributed by atoms with Crippen LogP contribution in [0.15, 0.2) is 53.0 Å². The van der Waals surface area contributed by atoms with Gasteiger partial charge in [0.15, 0.2) is 0 Å². The van der Waals surface area contributed by atoms with Crippen LogP contribution in [0, 0.1) is 5.82 Å². The molecule has 2 aromatic rings. The number of benzene rings is 2. The fraction of sp³-hybridized carbons (Fsp3) is 0.222. The quantitative estimate of drug-likeness (QED) is 0.798. The van der Waals surface area contributed by atoms with Gasteiger partial charge in [0, 0.05) is 11.0 Å². The van der Waals surface area contributed by atoms with Crippen molar-refractivity contribution in [3.05, 3.63) is 64.4 Å². The fourth-order valence-electron chi connectivity index (χ4n) is 2.74. The van der Waals surface area contributed by atoms with Gasteiger partial charge in [0.05, 0.1) is 18.2 Å². The van der Waals surface area contributed by atoms with Crippen LogP contribution in [-0.4, -0.2) is 24.4 Å². The van der Waals surface area contributed by atoms with Gasteiger partial charge in [0.1, 0.15) is 5.82 Å². The monoisotopic (exact) mass is 390 g/mol. The highest BCUT2D eigenvalue weighted by Gasteiger charge is 2.39. The first kappa shape index (κ1) is 16.8. The van der Waals surface area contributed by atoms with Crippen molar-refractivity contribution in [3.63, 3.8) is 0 Å². The highest BCUT2D eigenvalue weighted by atomic mass is 79.9. The number of hydrogen-bond donors (Lipinski definition) is 1. The van der Waals surface area contributed by atoms with Crippen LogP contribution in [0.3, 0.4) is 0 Å². The Bertz CT molecular complexity index is 764. The maximum Gasteiger partial charge on any atom is 0.251 e. The van der Waals surface area contributed by atoms with Crippen molar-refractivity contribution in [2.75, 3.05) is 11.4 Å². The van der Waals surface area contributed by atoms with E-state index < -0.39 is 6.04 Å². The Morgan fingerprint density at radius 2 is 1.83 bits per heavy atom. The summed E-state index contributed by atoms with van der Waals surface area (Å²) in [5, 5.41) is 3.06. The Morgan fingerprint density at radius 1 is 1.12 bits per heavy atom. The zero-order valence-corrected chi connectivity index (χ0v) is 14.4. The minimum atomic E-state index is -0.562. The number of hydrogen-bond acceptors (Lipinski definition) is 3. The SMILES string of the molecule is O=C1C[C@@H](NCCc2ccccc2F)C(=O)N1c1ccc(Br)cc1. The highest BCUT2D eigenvalue weighted by Crippen LogP contribution is 2.24. The van der Waals surface area contributed by atoms with Gasteiger partial charge in [-0.3, -0.25) is 9.59 Å². The van der Waals surface area contributed by atoms with E-state index in [0.29, 0.717) is 24.2 Å². The van der Waals surface area contributed by atoms with Gasteiger partial charge in [0.2, 0.25) is 5.91 Å². The Hall–Kier alpha value is -2.05. The van der Waals surface area contributed by atoms with Crippen molar-refractivity contribution in [1.29, 1.82) is 0 Å². The Kier molecular flexibility index (Phi) is 5.06. The molecule has 2 aromatic carbocycles. The first-order valence-electron chi connectivity index (χ1n) is 7.65. The van der Waals surface area contributed by atoms with Crippen LogP contribution in [0.5, 0.6) is 0 Å². The standard InChI is InChI=1S/C18H16BrFN2O2/c19-13-5-7-14(8-6-13)22-17(23)11-16(18(22)24)21-10-9-12-3-1-2-4-15(12)20/h1-8,16,21H,9-11H2/t16-/m1/s1. The summed E-state index contributed by atoms with van der Waals surface area (Å²) in [4.78, 5) is 25.8. The first-order chi connectivity index (χ1) is 11.6. The first-order valence-corrected chi connectivity index (χ1v) is 8.45. The summed E-state index contributed by atoms with van der Waals surface area (Å²) in [6.07, 6.45) is 0.578. The number of nitrogens with one attached hydrogen (secondary N) is 1. The molecule has 1 aliphatic heterocycles. The minimum Gasteiger partial charge on any atom is -0.305 e. The van der Waals surface area contributed by atoms with E-state index in [0.717, 1.165) is 4.47 Å². The van der Waals surface area contributed by atoms with Crippen LogP contribution in [0.25, 0.3) is 0 Å². The number of imide groups is 1. The molecule has 1 atom stereocenters. The van der Waals surface area contributed by atoms with Gasteiger partial charge >= 0.3 is 0 Å². The Balaban J connectivity index is 1.62. The smallest absolute Gasteiger partial charge is 0.251 e. The van der Waals surface area contributed by atoms with E-state index in [1.807, 2.05) is 0 Å². The molecule has 4 nitrogen and oxygen atoms in total. The third-order valence-electron chi connectivity index (χ3n) is 3.97. The summed E-state index contributed by atoms with van der Waals surface area (Å²) >= 11 is 3.33. The van der Waals surface area contributed by atoms with Crippen molar-refractivity contribution >= 4 is 33.4 Å². The molecule has 6 heteroatoms. The number of halogens is 2. The summed E-state index contributed by atoms with van der Waals surface area (Å²) in [6.45, 7) is 0.429. The third kappa shape index (κ3) is 3.55. The summed E-state index contributed by atoms with van der Waals surface area (Å²) in [5.41, 5.74) is 1.15.